The zero-order valence-electron chi connectivity index (χ0n) is 22.7. The molecule has 5 N–H and O–H groups in total. The van der Waals surface area contributed by atoms with Crippen molar-refractivity contribution in [2.75, 3.05) is 6.54 Å². The number of benzene rings is 2. The Labute approximate surface area is 250 Å². The summed E-state index contributed by atoms with van der Waals surface area (Å²) in [5.74, 6) is -8.57. The molecular weight excluding hydrogens is 616 g/mol. The number of nitrogens with two attached hydrogens (primary N) is 1. The van der Waals surface area contributed by atoms with Gasteiger partial charge in [0.05, 0.1) is 24.7 Å². The normalized spacial score (nSPS) is 12.2. The van der Waals surface area contributed by atoms with Crippen LogP contribution in [0.15, 0.2) is 84.1 Å². The van der Waals surface area contributed by atoms with Crippen molar-refractivity contribution < 1.29 is 55.4 Å². The van der Waals surface area contributed by atoms with Gasteiger partial charge in [-0.2, -0.15) is 26.3 Å². The summed E-state index contributed by atoms with van der Waals surface area (Å²) in [7, 11) is 0. The first kappa shape index (κ1) is 35.6. The first-order chi connectivity index (χ1) is 21.0. The van der Waals surface area contributed by atoms with E-state index < -0.39 is 47.7 Å². The van der Waals surface area contributed by atoms with Crippen molar-refractivity contribution in [3.8, 4) is 0 Å². The fourth-order valence-corrected chi connectivity index (χ4v) is 3.30. The highest BCUT2D eigenvalue weighted by Crippen LogP contribution is 2.24. The van der Waals surface area contributed by atoms with Crippen molar-refractivity contribution in [3.63, 3.8) is 0 Å². The molecule has 2 aromatic carbocycles. The van der Waals surface area contributed by atoms with E-state index in [2.05, 4.69) is 20.6 Å². The van der Waals surface area contributed by atoms with Crippen molar-refractivity contribution in [1.29, 1.82) is 0 Å². The van der Waals surface area contributed by atoms with E-state index >= 15 is 0 Å². The van der Waals surface area contributed by atoms with Crippen LogP contribution in [-0.4, -0.2) is 64.2 Å². The van der Waals surface area contributed by atoms with Crippen LogP contribution in [0, 0.1) is 0 Å². The number of carbonyl (C=O) groups excluding carboxylic acids is 4. The predicted octanol–water partition coefficient (Wildman–Crippen LogP) is 3.43. The molecule has 3 aromatic rings. The summed E-state index contributed by atoms with van der Waals surface area (Å²) in [6.07, 6.45) is -8.82. The summed E-state index contributed by atoms with van der Waals surface area (Å²) in [5, 5.41) is 14.3. The maximum Gasteiger partial charge on any atom is 0.458 e. The van der Waals surface area contributed by atoms with Crippen molar-refractivity contribution in [1.82, 2.24) is 15.6 Å². The summed E-state index contributed by atoms with van der Waals surface area (Å²) in [6, 6.07) is 18.3. The van der Waals surface area contributed by atoms with Gasteiger partial charge in [-0.1, -0.05) is 42.5 Å². The molecule has 11 nitrogen and oxygen atoms in total. The smallest absolute Gasteiger partial charge is 0.458 e. The standard InChI is InChI=1S/C24H23N5O4.C4F6O2/c25-23(16-6-2-1-3-7-16)28-19-10-4-8-17(12-19)24(33)27-15-21(30)29-20(13-22(31)32)18-9-5-11-26-14-18;5-3(6,7)1(11)2(12)4(8,9)10/h1-12,14,20H,13,15H2,(H2,25,28)(H,27,33)(H,29,30)(H,31,32);. The third kappa shape index (κ3) is 11.9. The Morgan fingerprint density at radius 3 is 1.98 bits per heavy atom. The van der Waals surface area contributed by atoms with E-state index in [0.29, 0.717) is 22.6 Å². The van der Waals surface area contributed by atoms with Gasteiger partial charge >= 0.3 is 29.9 Å². The van der Waals surface area contributed by atoms with Gasteiger partial charge < -0.3 is 21.5 Å². The number of nitrogens with zero attached hydrogens (tertiary/aromatic N) is 2. The molecule has 0 fully saturated rings. The molecule has 0 aliphatic carbocycles. The number of ketones is 2. The molecule has 0 saturated heterocycles. The van der Waals surface area contributed by atoms with E-state index in [4.69, 9.17) is 10.8 Å². The van der Waals surface area contributed by atoms with Gasteiger partial charge in [-0.15, -0.1) is 0 Å². The summed E-state index contributed by atoms with van der Waals surface area (Å²) in [6.45, 7) is -0.325. The number of carbonyl (C=O) groups is 5. The molecular formula is C28H23F6N5O6. The zero-order valence-corrected chi connectivity index (χ0v) is 22.7. The van der Waals surface area contributed by atoms with E-state index in [-0.39, 0.29) is 13.0 Å². The predicted molar refractivity (Wildman–Crippen MR) is 145 cm³/mol. The molecule has 1 unspecified atom stereocenters. The average Bonchev–Trinajstić information content (AvgIpc) is 2.99. The fraction of sp³-hybridized carbons (Fsp3) is 0.179. The largest absolute Gasteiger partial charge is 0.481 e. The highest BCUT2D eigenvalue weighted by molar-refractivity contribution is 6.41. The molecule has 45 heavy (non-hydrogen) atoms. The summed E-state index contributed by atoms with van der Waals surface area (Å²) in [5.41, 5.74) is 8.14. The maximum absolute atomic E-state index is 12.5. The van der Waals surface area contributed by atoms with Gasteiger partial charge in [0, 0.05) is 23.5 Å². The number of hydrogen-bond acceptors (Lipinski definition) is 7. The van der Waals surface area contributed by atoms with Crippen LogP contribution in [-0.2, 0) is 19.2 Å². The minimum Gasteiger partial charge on any atom is -0.481 e. The highest BCUT2D eigenvalue weighted by atomic mass is 19.4. The van der Waals surface area contributed by atoms with Gasteiger partial charge in [0.15, 0.2) is 0 Å². The van der Waals surface area contributed by atoms with Gasteiger partial charge in [0.25, 0.3) is 5.91 Å². The lowest BCUT2D eigenvalue weighted by molar-refractivity contribution is -0.193. The molecule has 2 amide bonds. The van der Waals surface area contributed by atoms with Crippen molar-refractivity contribution in [2.24, 2.45) is 10.7 Å². The second-order valence-electron chi connectivity index (χ2n) is 8.75. The first-order valence-electron chi connectivity index (χ1n) is 12.4. The van der Waals surface area contributed by atoms with E-state index in [1.807, 2.05) is 30.3 Å². The molecule has 3 rings (SSSR count). The van der Waals surface area contributed by atoms with Crippen LogP contribution < -0.4 is 16.4 Å². The molecule has 0 radical (unpaired) electrons. The van der Waals surface area contributed by atoms with Crippen molar-refractivity contribution >= 4 is 40.9 Å². The molecule has 1 heterocycles. The molecule has 0 bridgehead atoms. The molecule has 0 saturated carbocycles. The van der Waals surface area contributed by atoms with Gasteiger partial charge in [-0.05, 0) is 29.8 Å². The Bertz CT molecular complexity index is 1520. The lowest BCUT2D eigenvalue weighted by atomic mass is 10.1. The summed E-state index contributed by atoms with van der Waals surface area (Å²) in [4.78, 5) is 63.5. The third-order valence-corrected chi connectivity index (χ3v) is 5.36. The number of pyridine rings is 1. The second kappa shape index (κ2) is 15.7. The second-order valence-corrected chi connectivity index (χ2v) is 8.75. The summed E-state index contributed by atoms with van der Waals surface area (Å²) < 4.78 is 67.0. The number of nitrogens with one attached hydrogen (secondary N) is 2. The molecule has 0 aliphatic heterocycles. The zero-order chi connectivity index (χ0) is 33.8. The van der Waals surface area contributed by atoms with Crippen molar-refractivity contribution in [2.45, 2.75) is 24.8 Å². The number of halogens is 6. The number of aliphatic imine (C=N–C) groups is 1. The van der Waals surface area contributed by atoms with E-state index in [9.17, 15) is 50.3 Å². The van der Waals surface area contributed by atoms with Gasteiger partial charge in [0.2, 0.25) is 5.91 Å². The van der Waals surface area contributed by atoms with Crippen LogP contribution >= 0.6 is 0 Å². The Kier molecular flexibility index (Phi) is 12.4. The molecule has 1 aromatic heterocycles. The van der Waals surface area contributed by atoms with Crippen LogP contribution in [0.3, 0.4) is 0 Å². The fourth-order valence-electron chi connectivity index (χ4n) is 3.30. The number of aromatic nitrogens is 1. The minimum atomic E-state index is -5.77. The van der Waals surface area contributed by atoms with Crippen LogP contribution in [0.25, 0.3) is 0 Å². The number of aliphatic carboxylic acids is 1. The number of amidine groups is 1. The van der Waals surface area contributed by atoms with Gasteiger partial charge in [-0.25, -0.2) is 4.99 Å². The number of carboxylic acid groups (broad SMARTS) is 1. The van der Waals surface area contributed by atoms with Crippen LogP contribution in [0.5, 0.6) is 0 Å². The molecule has 238 valence electrons. The van der Waals surface area contributed by atoms with Crippen LogP contribution in [0.4, 0.5) is 32.0 Å². The number of alkyl halides is 6. The van der Waals surface area contributed by atoms with E-state index in [0.717, 1.165) is 5.56 Å². The lowest BCUT2D eigenvalue weighted by Gasteiger charge is -2.17. The number of Topliss-reactive ketones (excluding diaryl/α,β-unsaturated/α-hetero) is 2. The lowest BCUT2D eigenvalue weighted by Crippen LogP contribution is -2.39. The minimum absolute atomic E-state index is 0.305. The maximum atomic E-state index is 12.5. The Morgan fingerprint density at radius 2 is 1.44 bits per heavy atom. The summed E-state index contributed by atoms with van der Waals surface area (Å²) >= 11 is 0. The van der Waals surface area contributed by atoms with Gasteiger partial charge in [0.1, 0.15) is 5.84 Å². The van der Waals surface area contributed by atoms with Crippen LogP contribution in [0.1, 0.15) is 33.9 Å². The monoisotopic (exact) mass is 639 g/mol. The number of amides is 2. The molecule has 1 atom stereocenters. The molecule has 0 spiro atoms. The number of carboxylic acids is 1. The molecule has 17 heteroatoms. The van der Waals surface area contributed by atoms with E-state index in [1.54, 1.807) is 42.6 Å². The quantitative estimate of drug-likeness (QED) is 0.113. The topological polar surface area (TPSA) is 181 Å². The first-order valence-corrected chi connectivity index (χ1v) is 12.4. The molecule has 0 aliphatic rings. The SMILES string of the molecule is NC(=Nc1cccc(C(=O)NCC(=O)NC(CC(=O)O)c2cccnc2)c1)c1ccccc1.O=C(C(=O)C(F)(F)F)C(F)(F)F. The van der Waals surface area contributed by atoms with Crippen molar-refractivity contribution in [3.05, 3.63) is 95.8 Å². The van der Waals surface area contributed by atoms with E-state index in [1.165, 1.54) is 6.20 Å². The average molecular weight is 640 g/mol. The van der Waals surface area contributed by atoms with Gasteiger partial charge in [-0.3, -0.25) is 29.0 Å². The number of hydrogen-bond donors (Lipinski definition) is 4. The number of rotatable bonds is 10. The van der Waals surface area contributed by atoms with Crippen LogP contribution in [0.2, 0.25) is 0 Å². The Hall–Kier alpha value is -5.61. The Balaban J connectivity index is 0.000000498. The Morgan fingerprint density at radius 1 is 0.844 bits per heavy atom. The highest BCUT2D eigenvalue weighted by Gasteiger charge is 2.54. The third-order valence-electron chi connectivity index (χ3n) is 5.36.